The van der Waals surface area contributed by atoms with E-state index in [4.69, 9.17) is 0 Å². The van der Waals surface area contributed by atoms with Crippen LogP contribution < -0.4 is 0 Å². The molecule has 2 heterocycles. The monoisotopic (exact) mass is 391 g/mol. The molecule has 1 aromatic heterocycles. The Bertz CT molecular complexity index is 1090. The topological polar surface area (TPSA) is 56.4 Å². The van der Waals surface area contributed by atoms with Gasteiger partial charge >= 0.3 is 0 Å². The summed E-state index contributed by atoms with van der Waals surface area (Å²) < 4.78 is 14.3. The molecule has 0 spiro atoms. The first kappa shape index (κ1) is 18.9. The Labute approximate surface area is 168 Å². The molecule has 1 atom stereocenters. The Balaban J connectivity index is 1.50. The summed E-state index contributed by atoms with van der Waals surface area (Å²) in [6.45, 7) is 7.14. The zero-order valence-electron chi connectivity index (χ0n) is 16.2. The minimum atomic E-state index is -0.390. The predicted molar refractivity (Wildman–Crippen MR) is 111 cm³/mol. The number of hydrogen-bond donors (Lipinski definition) is 1. The van der Waals surface area contributed by atoms with E-state index >= 15 is 0 Å². The molecule has 1 aliphatic heterocycles. The molecule has 2 amide bonds. The zero-order valence-corrected chi connectivity index (χ0v) is 16.2. The lowest BCUT2D eigenvalue weighted by Gasteiger charge is -2.40. The number of nitrogens with zero attached hydrogens (tertiary/aromatic N) is 2. The van der Waals surface area contributed by atoms with Gasteiger partial charge in [0.15, 0.2) is 0 Å². The lowest BCUT2D eigenvalue weighted by Crippen LogP contribution is -2.55. The molecule has 1 saturated heterocycles. The van der Waals surface area contributed by atoms with Gasteiger partial charge in [-0.1, -0.05) is 30.8 Å². The molecule has 0 saturated carbocycles. The molecule has 0 bridgehead atoms. The fourth-order valence-electron chi connectivity index (χ4n) is 3.87. The number of benzene rings is 2. The average molecular weight is 391 g/mol. The third-order valence-electron chi connectivity index (χ3n) is 5.43. The van der Waals surface area contributed by atoms with Crippen molar-refractivity contribution in [1.29, 1.82) is 0 Å². The first-order valence-corrected chi connectivity index (χ1v) is 9.57. The SMILES string of the molecule is C=C(C(=O)N1CCN(C(=O)c2ccccc2)CC1C)c1c[nH]c2cccc(F)c12. The molecule has 3 aromatic rings. The van der Waals surface area contributed by atoms with E-state index in [1.165, 1.54) is 6.07 Å². The number of fused-ring (bicyclic) bond motifs is 1. The van der Waals surface area contributed by atoms with Crippen LogP contribution in [0.5, 0.6) is 0 Å². The molecule has 1 N–H and O–H groups in total. The number of piperazine rings is 1. The Kier molecular flexibility index (Phi) is 4.92. The molecular formula is C23H22FN3O2. The van der Waals surface area contributed by atoms with Gasteiger partial charge in [0.2, 0.25) is 0 Å². The summed E-state index contributed by atoms with van der Waals surface area (Å²) in [6.07, 6.45) is 1.62. The number of aromatic amines is 1. The number of aromatic nitrogens is 1. The van der Waals surface area contributed by atoms with Crippen LogP contribution in [0.1, 0.15) is 22.8 Å². The minimum absolute atomic E-state index is 0.0397. The van der Waals surface area contributed by atoms with E-state index in [1.54, 1.807) is 40.3 Å². The third kappa shape index (κ3) is 3.42. The normalized spacial score (nSPS) is 16.8. The lowest BCUT2D eigenvalue weighted by atomic mass is 10.0. The number of hydrogen-bond acceptors (Lipinski definition) is 2. The molecule has 0 aliphatic carbocycles. The van der Waals surface area contributed by atoms with E-state index in [1.807, 2.05) is 25.1 Å². The van der Waals surface area contributed by atoms with Crippen molar-refractivity contribution in [1.82, 2.24) is 14.8 Å². The lowest BCUT2D eigenvalue weighted by molar-refractivity contribution is -0.128. The highest BCUT2D eigenvalue weighted by atomic mass is 19.1. The molecule has 4 rings (SSSR count). The predicted octanol–water partition coefficient (Wildman–Crippen LogP) is 3.69. The highest BCUT2D eigenvalue weighted by Gasteiger charge is 2.32. The van der Waals surface area contributed by atoms with E-state index in [-0.39, 0.29) is 29.2 Å². The number of carbonyl (C=O) groups is 2. The fourth-order valence-corrected chi connectivity index (χ4v) is 3.87. The van der Waals surface area contributed by atoms with Crippen LogP contribution in [0.2, 0.25) is 0 Å². The molecule has 0 radical (unpaired) electrons. The van der Waals surface area contributed by atoms with Gasteiger partial charge in [0.05, 0.1) is 0 Å². The molecule has 1 aliphatic rings. The molecule has 2 aromatic carbocycles. The summed E-state index contributed by atoms with van der Waals surface area (Å²) in [4.78, 5) is 32.2. The number of amides is 2. The van der Waals surface area contributed by atoms with E-state index in [0.29, 0.717) is 41.7 Å². The summed E-state index contributed by atoms with van der Waals surface area (Å²) in [7, 11) is 0. The van der Waals surface area contributed by atoms with Gasteiger partial charge in [-0.05, 0) is 31.2 Å². The van der Waals surface area contributed by atoms with Crippen LogP contribution in [0.4, 0.5) is 4.39 Å². The van der Waals surface area contributed by atoms with E-state index in [0.717, 1.165) is 0 Å². The minimum Gasteiger partial charge on any atom is -0.360 e. The Morgan fingerprint density at radius 2 is 1.86 bits per heavy atom. The number of carbonyl (C=O) groups excluding carboxylic acids is 2. The van der Waals surface area contributed by atoms with Crippen molar-refractivity contribution in [2.24, 2.45) is 0 Å². The number of rotatable bonds is 3. The number of H-pyrrole nitrogens is 1. The van der Waals surface area contributed by atoms with Gasteiger partial charge in [0.1, 0.15) is 5.82 Å². The van der Waals surface area contributed by atoms with E-state index in [9.17, 15) is 14.0 Å². The Morgan fingerprint density at radius 3 is 2.59 bits per heavy atom. The van der Waals surface area contributed by atoms with Crippen LogP contribution in [-0.4, -0.2) is 52.3 Å². The van der Waals surface area contributed by atoms with Crippen LogP contribution in [0.3, 0.4) is 0 Å². The third-order valence-corrected chi connectivity index (χ3v) is 5.43. The van der Waals surface area contributed by atoms with Crippen molar-refractivity contribution in [2.75, 3.05) is 19.6 Å². The zero-order chi connectivity index (χ0) is 20.5. The largest absolute Gasteiger partial charge is 0.360 e. The van der Waals surface area contributed by atoms with Gasteiger partial charge < -0.3 is 14.8 Å². The van der Waals surface area contributed by atoms with E-state index in [2.05, 4.69) is 11.6 Å². The Morgan fingerprint density at radius 1 is 1.10 bits per heavy atom. The smallest absolute Gasteiger partial charge is 0.254 e. The summed E-state index contributed by atoms with van der Waals surface area (Å²) in [5.41, 5.74) is 1.98. The molecule has 6 heteroatoms. The van der Waals surface area contributed by atoms with Crippen LogP contribution in [-0.2, 0) is 4.79 Å². The van der Waals surface area contributed by atoms with Crippen molar-refractivity contribution in [3.05, 3.63) is 78.3 Å². The number of nitrogens with one attached hydrogen (secondary N) is 1. The molecule has 1 fully saturated rings. The highest BCUT2D eigenvalue weighted by molar-refractivity contribution is 6.22. The molecule has 29 heavy (non-hydrogen) atoms. The Hall–Kier alpha value is -3.41. The van der Waals surface area contributed by atoms with Gasteiger partial charge in [-0.25, -0.2) is 4.39 Å². The maximum atomic E-state index is 14.3. The molecular weight excluding hydrogens is 369 g/mol. The fraction of sp³-hybridized carbons (Fsp3) is 0.217. The van der Waals surface area contributed by atoms with Crippen molar-refractivity contribution < 1.29 is 14.0 Å². The van der Waals surface area contributed by atoms with Gasteiger partial charge in [-0.15, -0.1) is 0 Å². The van der Waals surface area contributed by atoms with Crippen LogP contribution in [0.25, 0.3) is 16.5 Å². The number of halogens is 1. The maximum absolute atomic E-state index is 14.3. The average Bonchev–Trinajstić information content (AvgIpc) is 3.18. The second-order valence-corrected chi connectivity index (χ2v) is 7.31. The summed E-state index contributed by atoms with van der Waals surface area (Å²) in [5, 5.41) is 0.372. The summed E-state index contributed by atoms with van der Waals surface area (Å²) >= 11 is 0. The first-order chi connectivity index (χ1) is 14.0. The highest BCUT2D eigenvalue weighted by Crippen LogP contribution is 2.28. The summed E-state index contributed by atoms with van der Waals surface area (Å²) in [6, 6.07) is 13.7. The molecule has 5 nitrogen and oxygen atoms in total. The molecule has 1 unspecified atom stereocenters. The summed E-state index contributed by atoms with van der Waals surface area (Å²) in [5.74, 6) is -0.672. The van der Waals surface area contributed by atoms with Gasteiger partial charge in [-0.2, -0.15) is 0 Å². The van der Waals surface area contributed by atoms with Gasteiger partial charge in [0, 0.05) is 59.5 Å². The van der Waals surface area contributed by atoms with Crippen molar-refractivity contribution in [2.45, 2.75) is 13.0 Å². The molecule has 148 valence electrons. The van der Waals surface area contributed by atoms with Crippen molar-refractivity contribution >= 4 is 28.3 Å². The standard InChI is InChI=1S/C23H22FN3O2/c1-15-14-26(23(29)17-7-4-3-5-8-17)11-12-27(15)22(28)16(2)18-13-25-20-10-6-9-19(24)21(18)20/h3-10,13,15,25H,2,11-12,14H2,1H3. The van der Waals surface area contributed by atoms with Gasteiger partial charge in [0.25, 0.3) is 11.8 Å². The van der Waals surface area contributed by atoms with Crippen LogP contribution >= 0.6 is 0 Å². The van der Waals surface area contributed by atoms with Crippen molar-refractivity contribution in [3.8, 4) is 0 Å². The van der Waals surface area contributed by atoms with Gasteiger partial charge in [-0.3, -0.25) is 9.59 Å². The second-order valence-electron chi connectivity index (χ2n) is 7.31. The van der Waals surface area contributed by atoms with Crippen molar-refractivity contribution in [3.63, 3.8) is 0 Å². The second kappa shape index (κ2) is 7.54. The maximum Gasteiger partial charge on any atom is 0.254 e. The van der Waals surface area contributed by atoms with Crippen LogP contribution in [0.15, 0.2) is 61.3 Å². The van der Waals surface area contributed by atoms with Crippen LogP contribution in [0, 0.1) is 5.82 Å². The van der Waals surface area contributed by atoms with E-state index < -0.39 is 0 Å². The first-order valence-electron chi connectivity index (χ1n) is 9.57. The quantitative estimate of drug-likeness (QED) is 0.693.